The molecule has 2 heterocycles. The van der Waals surface area contributed by atoms with Crippen molar-refractivity contribution < 1.29 is 88.8 Å². The Bertz CT molecular complexity index is 1910. The Balaban J connectivity index is 1.12. The largest absolute Gasteiger partial charge is 0.481 e. The molecule has 0 aromatic heterocycles. The van der Waals surface area contributed by atoms with Crippen molar-refractivity contribution in [3.05, 3.63) is 11.6 Å². The van der Waals surface area contributed by atoms with Gasteiger partial charge in [-0.3, -0.25) is 14.4 Å². The van der Waals surface area contributed by atoms with Crippen LogP contribution in [-0.4, -0.2) is 150 Å². The van der Waals surface area contributed by atoms with Gasteiger partial charge < -0.3 is 69.6 Å². The fourth-order valence-electron chi connectivity index (χ4n) is 14.6. The van der Waals surface area contributed by atoms with Crippen LogP contribution < -0.4 is 0 Å². The molecule has 0 radical (unpaired) electrons. The van der Waals surface area contributed by atoms with Gasteiger partial charge in [0.25, 0.3) is 0 Å². The Kier molecular flexibility index (Phi) is 13.6. The topological polar surface area (TPSA) is 296 Å². The minimum Gasteiger partial charge on any atom is -0.481 e. The number of aliphatic carboxylic acids is 2. The van der Waals surface area contributed by atoms with Crippen molar-refractivity contribution in [3.8, 4) is 0 Å². The highest BCUT2D eigenvalue weighted by molar-refractivity contribution is 5.79. The van der Waals surface area contributed by atoms with E-state index >= 15 is 0 Å². The average molecular weight is 939 g/mol. The van der Waals surface area contributed by atoms with E-state index in [1.807, 2.05) is 0 Å². The first-order valence-corrected chi connectivity index (χ1v) is 23.7. The zero-order valence-corrected chi connectivity index (χ0v) is 39.6. The number of allylic oxidation sites excluding steroid dienone is 2. The fraction of sp³-hybridized carbons (Fsp3) is 0.875. The number of rotatable bonds is 11. The van der Waals surface area contributed by atoms with Crippen molar-refractivity contribution >= 4 is 23.9 Å². The van der Waals surface area contributed by atoms with E-state index in [4.69, 9.17) is 28.8 Å². The van der Waals surface area contributed by atoms with Crippen LogP contribution in [0.1, 0.15) is 132 Å². The van der Waals surface area contributed by atoms with Gasteiger partial charge in [0.1, 0.15) is 36.6 Å². The van der Waals surface area contributed by atoms with Crippen LogP contribution in [0.2, 0.25) is 0 Å². The lowest BCUT2D eigenvalue weighted by atomic mass is 9.33. The Morgan fingerprint density at radius 3 is 2.06 bits per heavy atom. The zero-order valence-electron chi connectivity index (χ0n) is 39.6. The molecular weight excluding hydrogens is 865 g/mol. The van der Waals surface area contributed by atoms with E-state index in [9.17, 15) is 60.0 Å². The molecule has 0 spiro atoms. The number of fused-ring (bicyclic) bond motifs is 7. The van der Waals surface area contributed by atoms with Gasteiger partial charge in [0.2, 0.25) is 6.29 Å². The molecule has 9 N–H and O–H groups in total. The second-order valence-electron chi connectivity index (χ2n) is 23.4. The first-order valence-electron chi connectivity index (χ1n) is 23.7. The number of carbonyl (C=O) groups is 4. The van der Waals surface area contributed by atoms with E-state index in [1.54, 1.807) is 0 Å². The summed E-state index contributed by atoms with van der Waals surface area (Å²) in [4.78, 5) is 51.1. The molecule has 66 heavy (non-hydrogen) atoms. The highest BCUT2D eigenvalue weighted by atomic mass is 16.7. The molecule has 0 aromatic carbocycles. The molecule has 2 aliphatic heterocycles. The van der Waals surface area contributed by atoms with E-state index in [0.717, 1.165) is 45.4 Å². The number of ether oxygens (including phenoxy) is 5. The Labute approximate surface area is 386 Å². The highest BCUT2D eigenvalue weighted by Gasteiger charge is 2.70. The van der Waals surface area contributed by atoms with Crippen molar-refractivity contribution in [1.82, 2.24) is 0 Å². The molecular formula is C48H74O18. The number of carboxylic acids is 2. The summed E-state index contributed by atoms with van der Waals surface area (Å²) in [7, 11) is 0. The predicted molar refractivity (Wildman–Crippen MR) is 229 cm³/mol. The predicted octanol–water partition coefficient (Wildman–Crippen LogP) is 2.58. The molecule has 19 atom stereocenters. The number of aliphatic hydroxyl groups is 7. The average Bonchev–Trinajstić information content (AvgIpc) is 3.20. The molecule has 0 unspecified atom stereocenters. The fourth-order valence-corrected chi connectivity index (χ4v) is 14.6. The van der Waals surface area contributed by atoms with Gasteiger partial charge in [0.15, 0.2) is 18.5 Å². The van der Waals surface area contributed by atoms with Gasteiger partial charge in [-0.2, -0.15) is 0 Å². The first kappa shape index (κ1) is 51.1. The molecule has 2 saturated heterocycles. The number of aliphatic hydroxyl groups excluding tert-OH is 6. The lowest BCUT2D eigenvalue weighted by Crippen LogP contribution is -2.66. The molecule has 0 aromatic rings. The molecule has 7 rings (SSSR count). The van der Waals surface area contributed by atoms with Crippen LogP contribution in [0.4, 0.5) is 0 Å². The molecule has 374 valence electrons. The van der Waals surface area contributed by atoms with Crippen molar-refractivity contribution in [1.29, 1.82) is 0 Å². The van der Waals surface area contributed by atoms with Gasteiger partial charge in [-0.1, -0.05) is 60.1 Å². The molecule has 5 aliphatic carbocycles. The normalized spacial score (nSPS) is 47.0. The van der Waals surface area contributed by atoms with Gasteiger partial charge >= 0.3 is 23.9 Å². The Hall–Kier alpha value is -2.78. The smallest absolute Gasteiger partial charge is 0.335 e. The van der Waals surface area contributed by atoms with E-state index in [2.05, 4.69) is 54.5 Å². The Morgan fingerprint density at radius 1 is 0.758 bits per heavy atom. The van der Waals surface area contributed by atoms with Gasteiger partial charge in [0, 0.05) is 0 Å². The van der Waals surface area contributed by atoms with Crippen LogP contribution in [0.5, 0.6) is 0 Å². The summed E-state index contributed by atoms with van der Waals surface area (Å²) in [5.74, 6) is -4.47. The quantitative estimate of drug-likeness (QED) is 0.0817. The number of hydrogen-bond donors (Lipinski definition) is 9. The summed E-state index contributed by atoms with van der Waals surface area (Å²) < 4.78 is 29.2. The summed E-state index contributed by atoms with van der Waals surface area (Å²) >= 11 is 0. The monoisotopic (exact) mass is 938 g/mol. The lowest BCUT2D eigenvalue weighted by molar-refractivity contribution is -0.325. The summed E-state index contributed by atoms with van der Waals surface area (Å²) in [5, 5.41) is 93.5. The van der Waals surface area contributed by atoms with Gasteiger partial charge in [-0.25, -0.2) is 4.79 Å². The van der Waals surface area contributed by atoms with Crippen LogP contribution in [-0.2, 0) is 42.9 Å². The van der Waals surface area contributed by atoms with E-state index in [1.165, 1.54) is 5.57 Å². The molecule has 18 nitrogen and oxygen atoms in total. The van der Waals surface area contributed by atoms with Crippen molar-refractivity contribution in [2.45, 2.75) is 206 Å². The number of hydrogen-bond acceptors (Lipinski definition) is 16. The second kappa shape index (κ2) is 17.6. The molecule has 7 aliphatic rings. The van der Waals surface area contributed by atoms with E-state index < -0.39 is 127 Å². The molecule has 18 heteroatoms. The summed E-state index contributed by atoms with van der Waals surface area (Å²) in [5.41, 5.74) is -3.01. The summed E-state index contributed by atoms with van der Waals surface area (Å²) in [6.07, 6.45) is -9.73. The maximum atomic E-state index is 14.6. The van der Waals surface area contributed by atoms with E-state index in [0.29, 0.717) is 25.7 Å². The highest BCUT2D eigenvalue weighted by Crippen LogP contribution is 2.76. The van der Waals surface area contributed by atoms with Crippen molar-refractivity contribution in [2.24, 2.45) is 50.2 Å². The SMILES string of the molecule is CC1(C)CC[C@]2(C(=O)O[C@@H]3O[C@H](CO)[C@@H](O)[C@H](O)[C@H]3O)CC[C@]3(C)C(=CC[C@@H]4[C@@]5(C)CC[C@H](O[C@@H]6O[C@H](C(=O)O)[C@@H](O)[C@H](OC(=O)C[C@@](C)(O)CC(=O)O)[C@H]6O)C(C)(C)[C@@H]5CC[C@]43C)[C@H]2C1. The number of carbonyl (C=O) groups excluding carboxylic acids is 2. The second-order valence-corrected chi connectivity index (χ2v) is 23.4. The molecule has 6 fully saturated rings. The van der Waals surface area contributed by atoms with Crippen LogP contribution in [0.3, 0.4) is 0 Å². The third kappa shape index (κ3) is 8.44. The van der Waals surface area contributed by atoms with Crippen LogP contribution in [0.15, 0.2) is 11.6 Å². The lowest BCUT2D eigenvalue weighted by Gasteiger charge is -2.71. The van der Waals surface area contributed by atoms with Gasteiger partial charge in [-0.05, 0) is 116 Å². The van der Waals surface area contributed by atoms with Crippen molar-refractivity contribution in [2.75, 3.05) is 6.61 Å². The minimum atomic E-state index is -2.02. The summed E-state index contributed by atoms with van der Waals surface area (Å²) in [6, 6.07) is 0. The maximum Gasteiger partial charge on any atom is 0.335 e. The summed E-state index contributed by atoms with van der Waals surface area (Å²) in [6.45, 7) is 16.2. The first-order chi connectivity index (χ1) is 30.5. The minimum absolute atomic E-state index is 0.0802. The molecule has 0 amide bonds. The number of esters is 2. The Morgan fingerprint density at radius 2 is 1.42 bits per heavy atom. The van der Waals surface area contributed by atoms with Gasteiger partial charge in [-0.15, -0.1) is 0 Å². The number of carboxylic acid groups (broad SMARTS) is 2. The molecule has 4 saturated carbocycles. The van der Waals surface area contributed by atoms with Crippen LogP contribution in [0.25, 0.3) is 0 Å². The molecule has 0 bridgehead atoms. The third-order valence-electron chi connectivity index (χ3n) is 18.5. The van der Waals surface area contributed by atoms with Crippen LogP contribution in [0, 0.1) is 50.2 Å². The van der Waals surface area contributed by atoms with Gasteiger partial charge in [0.05, 0.1) is 36.6 Å². The van der Waals surface area contributed by atoms with Crippen LogP contribution >= 0.6 is 0 Å². The van der Waals surface area contributed by atoms with Crippen molar-refractivity contribution in [3.63, 3.8) is 0 Å². The zero-order chi connectivity index (χ0) is 48.9. The standard InChI is InChI=1S/C48H74O18/c1-42(2)15-17-48(41(60)66-39-33(55)32(54)31(53)25(22-49)62-39)18-16-46(7)23(24(48)19-42)9-10-27-45(6)13-12-28(43(3,4)26(45)11-14-47(27,46)8)63-40-35(57)36(34(56)37(65-40)38(58)59)64-30(52)21-44(5,61)20-29(50)51/h9,24-28,31-37,39-40,49,53-57,61H,10-22H2,1-8H3,(H,50,51)(H,58,59)/t24-,25-,26+,27-,28+,31-,32+,33-,34+,35-,36+,37+,39+,40-,44+,45+,46-,47-,48+/m1/s1. The maximum absolute atomic E-state index is 14.6. The van der Waals surface area contributed by atoms with E-state index in [-0.39, 0.29) is 39.4 Å². The third-order valence-corrected chi connectivity index (χ3v) is 18.5.